The van der Waals surface area contributed by atoms with Crippen LogP contribution in [0, 0.1) is 38.5 Å². The van der Waals surface area contributed by atoms with Crippen molar-refractivity contribution in [2.45, 2.75) is 440 Å². The molecule has 3 fully saturated rings. The molecule has 82 heavy (non-hydrogen) atoms. The Bertz CT molecular complexity index is 1330. The minimum absolute atomic E-state index is 0. The van der Waals surface area contributed by atoms with Crippen LogP contribution in [0.3, 0.4) is 0 Å². The van der Waals surface area contributed by atoms with Gasteiger partial charge in [0, 0.05) is 0 Å². The smallest absolute Gasteiger partial charge is 0.340 e. The van der Waals surface area contributed by atoms with Crippen LogP contribution in [-0.4, -0.2) is 48.4 Å². The Morgan fingerprint density at radius 3 is 0.329 bits per heavy atom. The molecule has 0 aromatic carbocycles. The molecule has 0 bridgehead atoms. The zero-order valence-corrected chi connectivity index (χ0v) is 70.9. The molecule has 0 aromatic rings. The first kappa shape index (κ1) is 83.8. The van der Waals surface area contributed by atoms with Crippen molar-refractivity contribution in [2.75, 3.05) is 0 Å². The van der Waals surface area contributed by atoms with Crippen LogP contribution in [0.1, 0.15) is 326 Å². The molecule has 0 spiro atoms. The van der Waals surface area contributed by atoms with Gasteiger partial charge in [0.25, 0.3) is 0 Å². The van der Waals surface area contributed by atoms with Crippen molar-refractivity contribution in [3.8, 4) is 0 Å². The molecule has 7 heteroatoms. The summed E-state index contributed by atoms with van der Waals surface area (Å²) in [6.07, 6.45) is 17.2. The van der Waals surface area contributed by atoms with E-state index in [-0.39, 0.29) is 17.4 Å². The molecular weight excluding hydrogens is 1120 g/mol. The van der Waals surface area contributed by atoms with Gasteiger partial charge in [0.05, 0.1) is 48.4 Å². The van der Waals surface area contributed by atoms with E-state index in [1.165, 1.54) is 77.0 Å². The van der Waals surface area contributed by atoms with Crippen LogP contribution < -0.4 is 0 Å². The molecule has 489 valence electrons. The molecule has 0 aliphatic heterocycles. The van der Waals surface area contributed by atoms with Crippen LogP contribution in [0.15, 0.2) is 0 Å². The maximum absolute atomic E-state index is 4.53. The molecule has 1 radical (unpaired) electrons. The monoisotopic (exact) mass is 1280 g/mol. The molecule has 3 aliphatic rings. The zero-order chi connectivity index (χ0) is 64.1. The Balaban J connectivity index is 0.00000119. The molecule has 0 saturated heterocycles. The maximum atomic E-state index is 4.53. The molecule has 3 aliphatic carbocycles. The Morgan fingerprint density at radius 2 is 0.268 bits per heavy atom. The summed E-state index contributed by atoms with van der Waals surface area (Å²) >= 11 is 0. The van der Waals surface area contributed by atoms with Crippen molar-refractivity contribution in [1.29, 1.82) is 0 Å². The summed E-state index contributed by atoms with van der Waals surface area (Å²) in [6, 6.07) is 0. The normalized spacial score (nSPS) is 19.9. The second-order valence-electron chi connectivity index (χ2n) is 35.5. The summed E-state index contributed by atoms with van der Waals surface area (Å²) in [5.41, 5.74) is 15.5. The second kappa shape index (κ2) is 32.4. The summed E-state index contributed by atoms with van der Waals surface area (Å²) in [4.78, 5) is 0. The van der Waals surface area contributed by atoms with Gasteiger partial charge in [0.15, 0.2) is 0 Å². The van der Waals surface area contributed by atoms with E-state index in [1.54, 1.807) is 0 Å². The summed E-state index contributed by atoms with van der Waals surface area (Å²) in [6.45, 7) is 108. The van der Waals surface area contributed by atoms with Gasteiger partial charge in [0.2, 0.25) is 0 Å². The first-order valence-electron chi connectivity index (χ1n) is 36.3. The fourth-order valence-corrected chi connectivity index (χ4v) is 105. The van der Waals surface area contributed by atoms with E-state index < -0.39 is 48.4 Å². The van der Waals surface area contributed by atoms with Crippen molar-refractivity contribution in [3.63, 3.8) is 0 Å². The van der Waals surface area contributed by atoms with Gasteiger partial charge in [-0.25, -0.2) is 0 Å². The van der Waals surface area contributed by atoms with Gasteiger partial charge in [0.1, 0.15) is 0 Å². The third kappa shape index (κ3) is 13.4. The van der Waals surface area contributed by atoms with Gasteiger partial charge in [-0.3, -0.25) is 0 Å². The van der Waals surface area contributed by atoms with Crippen molar-refractivity contribution >= 4 is 48.4 Å². The van der Waals surface area contributed by atoms with Crippen molar-refractivity contribution < 1.29 is 17.4 Å². The minimum Gasteiger partial charge on any atom is -0.340 e. The van der Waals surface area contributed by atoms with Gasteiger partial charge in [-0.1, -0.05) is 426 Å². The Labute approximate surface area is 540 Å². The zero-order valence-electron chi connectivity index (χ0n) is 63.6. The molecule has 0 amide bonds. The molecule has 0 atom stereocenters. The minimum atomic E-state index is -1.60. The Morgan fingerprint density at radius 1 is 0.195 bits per heavy atom. The van der Waals surface area contributed by atoms with Crippen molar-refractivity contribution in [1.82, 2.24) is 0 Å². The SMILES string of the molecule is [CH2-]C1CCC([Si](C(C)C)(C(C)C)C(C)C)([Si](C(C)C)(C(C)C)C(C)C)CC1.[CH2-]C1CCC([Si](C(C)C)(C(C)C)C(C)C)([Si](C(C)C)(C(C)C)C(C)C)CC1.[CH2-]C1CCC([Si](C(C)C)(C(C)C)C(C)C)([Si](C(C)C)(C(C)C)C(C)C)CC1.[Cr+3]. The van der Waals surface area contributed by atoms with Gasteiger partial charge in [-0.2, -0.15) is 17.8 Å². The van der Waals surface area contributed by atoms with Gasteiger partial charge in [-0.15, -0.1) is 0 Å². The molecule has 0 heterocycles. The summed E-state index contributed by atoms with van der Waals surface area (Å²) in [5.74, 6) is 2.07. The maximum Gasteiger partial charge on any atom is 3.00 e. The van der Waals surface area contributed by atoms with E-state index in [1.807, 2.05) is 0 Å². The predicted octanol–water partition coefficient (Wildman–Crippen LogP) is 28.9. The third-order valence-corrected chi connectivity index (χ3v) is 83.2. The van der Waals surface area contributed by atoms with Gasteiger partial charge >= 0.3 is 17.4 Å². The fourth-order valence-electron chi connectivity index (χ4n) is 29.2. The van der Waals surface area contributed by atoms with E-state index in [2.05, 4.69) is 270 Å². The number of rotatable bonds is 24. The van der Waals surface area contributed by atoms with Crippen LogP contribution in [0.25, 0.3) is 0 Å². The average molecular weight is 1280 g/mol. The predicted molar refractivity (Wildman–Crippen MR) is 396 cm³/mol. The molecule has 0 nitrogen and oxygen atoms in total. The number of hydrogen-bond acceptors (Lipinski definition) is 0. The van der Waals surface area contributed by atoms with Crippen LogP contribution in [0.2, 0.25) is 114 Å². The van der Waals surface area contributed by atoms with Gasteiger partial charge in [-0.05, 0) is 14.0 Å². The topological polar surface area (TPSA) is 0 Å². The van der Waals surface area contributed by atoms with Crippen LogP contribution in [0.4, 0.5) is 0 Å². The second-order valence-corrected chi connectivity index (χ2v) is 74.7. The summed E-state index contributed by atoms with van der Waals surface area (Å²) in [5, 5.41) is 0. The van der Waals surface area contributed by atoms with Crippen LogP contribution in [-0.2, 0) is 17.4 Å². The summed E-state index contributed by atoms with van der Waals surface area (Å²) in [7, 11) is -9.58. The quantitative estimate of drug-likeness (QED) is 0.0667. The van der Waals surface area contributed by atoms with Crippen molar-refractivity contribution in [3.05, 3.63) is 20.8 Å². The summed E-state index contributed by atoms with van der Waals surface area (Å²) < 4.78 is 1.96. The van der Waals surface area contributed by atoms with Crippen molar-refractivity contribution in [2.24, 2.45) is 17.8 Å². The third-order valence-electron chi connectivity index (χ3n) is 28.0. The molecular formula is C75H159CrSi6. The largest absolute Gasteiger partial charge is 3.00 e. The van der Waals surface area contributed by atoms with E-state index in [0.29, 0.717) is 31.7 Å². The van der Waals surface area contributed by atoms with Crippen LogP contribution in [0.5, 0.6) is 0 Å². The van der Waals surface area contributed by atoms with Gasteiger partial charge < -0.3 is 20.8 Å². The molecule has 0 unspecified atom stereocenters. The van der Waals surface area contributed by atoms with E-state index in [4.69, 9.17) is 0 Å². The number of hydrogen-bond donors (Lipinski definition) is 0. The van der Waals surface area contributed by atoms with E-state index in [9.17, 15) is 0 Å². The first-order valence-corrected chi connectivity index (χ1v) is 49.7. The average Bonchev–Trinajstić information content (AvgIpc) is 3.28. The fraction of sp³-hybridized carbons (Fsp3) is 0.960. The standard InChI is InChI=1S/3C25H53Si2.Cr/c3*1-18(2)26(19(3)4,20(5)6)25(16-14-24(13)15-17-25)27(21(7)8,22(9)10)23(11)12;/h3*18-24H,13-17H2,1-12H3;/q3*-1;+3. The first-order chi connectivity index (χ1) is 36.8. The molecule has 0 aromatic heterocycles. The molecule has 0 N–H and O–H groups in total. The molecule has 3 saturated carbocycles. The van der Waals surface area contributed by atoms with Crippen LogP contribution >= 0.6 is 0 Å². The Hall–Kier alpha value is 1.83. The van der Waals surface area contributed by atoms with E-state index in [0.717, 1.165) is 99.7 Å². The van der Waals surface area contributed by atoms with E-state index >= 15 is 0 Å². The Kier molecular flexibility index (Phi) is 33.1. The molecule has 3 rings (SSSR count).